The van der Waals surface area contributed by atoms with E-state index >= 15 is 0 Å². The summed E-state index contributed by atoms with van der Waals surface area (Å²) in [6.07, 6.45) is 1.27. The van der Waals surface area contributed by atoms with Crippen molar-refractivity contribution < 1.29 is 19.4 Å². The minimum Gasteiger partial charge on any atom is -0.478 e. The molecule has 98 valence electrons. The number of ether oxygens (including phenoxy) is 1. The Labute approximate surface area is 111 Å². The van der Waals surface area contributed by atoms with Crippen molar-refractivity contribution in [2.45, 2.75) is 19.8 Å². The molecule has 0 spiro atoms. The van der Waals surface area contributed by atoms with Crippen molar-refractivity contribution in [3.05, 3.63) is 34.9 Å². The van der Waals surface area contributed by atoms with Crippen LogP contribution in [0.2, 0.25) is 0 Å². The average Bonchev–Trinajstić information content (AvgIpc) is 2.36. The van der Waals surface area contributed by atoms with Crippen molar-refractivity contribution in [2.24, 2.45) is 0 Å². The Balaban J connectivity index is 3.03. The molecule has 0 saturated carbocycles. The molecule has 0 heterocycles. The predicted molar refractivity (Wildman–Crippen MR) is 68.4 cm³/mol. The highest BCUT2D eigenvalue weighted by Gasteiger charge is 2.14. The lowest BCUT2D eigenvalue weighted by molar-refractivity contribution is 0.0526. The Morgan fingerprint density at radius 2 is 2.11 bits per heavy atom. The summed E-state index contributed by atoms with van der Waals surface area (Å²) in [7, 11) is 0. The lowest BCUT2D eigenvalue weighted by Gasteiger charge is -2.08. The van der Waals surface area contributed by atoms with Gasteiger partial charge >= 0.3 is 11.9 Å². The zero-order valence-electron chi connectivity index (χ0n) is 10.1. The van der Waals surface area contributed by atoms with E-state index in [2.05, 4.69) is 0 Å². The highest BCUT2D eigenvalue weighted by Crippen LogP contribution is 2.15. The Hall–Kier alpha value is -1.55. The number of carboxylic acids is 1. The van der Waals surface area contributed by atoms with E-state index in [4.69, 9.17) is 21.4 Å². The quantitative estimate of drug-likeness (QED) is 0.638. The van der Waals surface area contributed by atoms with Gasteiger partial charge in [0.05, 0.1) is 17.7 Å². The normalized spacial score (nSPS) is 10.1. The number of carbonyl (C=O) groups is 2. The standard InChI is InChI=1S/C13H15ClO4/c1-2-18-13(17)10-6-5-9(4-3-7-14)11(8-10)12(15)16/h5-6,8H,2-4,7H2,1H3,(H,15,16). The number of alkyl halides is 1. The van der Waals surface area contributed by atoms with Crippen molar-refractivity contribution in [3.8, 4) is 0 Å². The van der Waals surface area contributed by atoms with Gasteiger partial charge in [0.1, 0.15) is 0 Å². The molecule has 0 atom stereocenters. The molecule has 1 aromatic carbocycles. The molecule has 0 radical (unpaired) electrons. The highest BCUT2D eigenvalue weighted by atomic mass is 35.5. The van der Waals surface area contributed by atoms with Crippen molar-refractivity contribution in [1.29, 1.82) is 0 Å². The number of esters is 1. The molecule has 0 aliphatic carbocycles. The number of aryl methyl sites for hydroxylation is 1. The molecule has 4 nitrogen and oxygen atoms in total. The molecule has 0 unspecified atom stereocenters. The van der Waals surface area contributed by atoms with Gasteiger partial charge in [-0.1, -0.05) is 6.07 Å². The molecule has 1 N–H and O–H groups in total. The molecule has 1 aromatic rings. The van der Waals surface area contributed by atoms with Crippen LogP contribution in [0.15, 0.2) is 18.2 Å². The topological polar surface area (TPSA) is 63.6 Å². The number of benzene rings is 1. The maximum absolute atomic E-state index is 11.5. The van der Waals surface area contributed by atoms with E-state index in [1.807, 2.05) is 0 Å². The van der Waals surface area contributed by atoms with E-state index in [1.165, 1.54) is 6.07 Å². The molecule has 0 fully saturated rings. The third-order valence-electron chi connectivity index (χ3n) is 2.43. The number of aromatic carboxylic acids is 1. The molecule has 18 heavy (non-hydrogen) atoms. The molecular formula is C13H15ClO4. The Morgan fingerprint density at radius 3 is 2.67 bits per heavy atom. The summed E-state index contributed by atoms with van der Waals surface area (Å²) in [5.74, 6) is -1.09. The lowest BCUT2D eigenvalue weighted by Crippen LogP contribution is -2.09. The smallest absolute Gasteiger partial charge is 0.338 e. The maximum Gasteiger partial charge on any atom is 0.338 e. The second-order valence-corrected chi connectivity index (χ2v) is 4.07. The van der Waals surface area contributed by atoms with Crippen LogP contribution in [0, 0.1) is 0 Å². The molecule has 0 bridgehead atoms. The van der Waals surface area contributed by atoms with E-state index in [9.17, 15) is 9.59 Å². The molecule has 0 aromatic heterocycles. The van der Waals surface area contributed by atoms with Crippen LogP contribution in [0.1, 0.15) is 39.6 Å². The van der Waals surface area contributed by atoms with E-state index < -0.39 is 11.9 Å². The van der Waals surface area contributed by atoms with Crippen LogP contribution in [-0.2, 0) is 11.2 Å². The summed E-state index contributed by atoms with van der Waals surface area (Å²) in [5.41, 5.74) is 1.06. The summed E-state index contributed by atoms with van der Waals surface area (Å²) < 4.78 is 4.83. The number of carbonyl (C=O) groups excluding carboxylic acids is 1. The zero-order valence-corrected chi connectivity index (χ0v) is 10.9. The van der Waals surface area contributed by atoms with Crippen LogP contribution in [0.25, 0.3) is 0 Å². The van der Waals surface area contributed by atoms with E-state index in [1.54, 1.807) is 19.1 Å². The van der Waals surface area contributed by atoms with Crippen molar-refractivity contribution in [1.82, 2.24) is 0 Å². The van der Waals surface area contributed by atoms with Crippen LogP contribution < -0.4 is 0 Å². The second-order valence-electron chi connectivity index (χ2n) is 3.69. The summed E-state index contributed by atoms with van der Waals surface area (Å²) in [5, 5.41) is 9.12. The minimum absolute atomic E-state index is 0.130. The zero-order chi connectivity index (χ0) is 13.5. The average molecular weight is 271 g/mol. The summed E-state index contributed by atoms with van der Waals surface area (Å²) >= 11 is 5.58. The second kappa shape index (κ2) is 7.01. The van der Waals surface area contributed by atoms with Crippen LogP contribution in [-0.4, -0.2) is 29.5 Å². The molecule has 0 aliphatic rings. The number of hydrogen-bond donors (Lipinski definition) is 1. The van der Waals surface area contributed by atoms with Gasteiger partial charge in [-0.15, -0.1) is 11.6 Å². The van der Waals surface area contributed by atoms with Gasteiger partial charge in [-0.25, -0.2) is 9.59 Å². The molecule has 0 saturated heterocycles. The number of carboxylic acid groups (broad SMARTS) is 1. The van der Waals surface area contributed by atoms with Gasteiger partial charge < -0.3 is 9.84 Å². The number of hydrogen-bond acceptors (Lipinski definition) is 3. The van der Waals surface area contributed by atoms with Gasteiger partial charge in [-0.3, -0.25) is 0 Å². The number of rotatable bonds is 6. The minimum atomic E-state index is -1.05. The van der Waals surface area contributed by atoms with E-state index in [0.717, 1.165) is 0 Å². The van der Waals surface area contributed by atoms with Crippen molar-refractivity contribution in [2.75, 3.05) is 12.5 Å². The highest BCUT2D eigenvalue weighted by molar-refractivity contribution is 6.17. The molecule has 0 amide bonds. The Kier molecular flexibility index (Phi) is 5.65. The largest absolute Gasteiger partial charge is 0.478 e. The van der Waals surface area contributed by atoms with Crippen LogP contribution in [0.5, 0.6) is 0 Å². The molecular weight excluding hydrogens is 256 g/mol. The SMILES string of the molecule is CCOC(=O)c1ccc(CCCCl)c(C(=O)O)c1. The van der Waals surface area contributed by atoms with Crippen LogP contribution in [0.4, 0.5) is 0 Å². The van der Waals surface area contributed by atoms with Crippen LogP contribution in [0.3, 0.4) is 0 Å². The van der Waals surface area contributed by atoms with Gasteiger partial charge in [0, 0.05) is 5.88 Å². The number of halogens is 1. The first kappa shape index (κ1) is 14.5. The van der Waals surface area contributed by atoms with Crippen molar-refractivity contribution >= 4 is 23.5 Å². The van der Waals surface area contributed by atoms with E-state index in [0.29, 0.717) is 24.3 Å². The van der Waals surface area contributed by atoms with Crippen molar-refractivity contribution in [3.63, 3.8) is 0 Å². The third kappa shape index (κ3) is 3.74. The molecule has 0 aliphatic heterocycles. The maximum atomic E-state index is 11.5. The first-order chi connectivity index (χ1) is 8.60. The Bertz CT molecular complexity index is 443. The summed E-state index contributed by atoms with van der Waals surface area (Å²) in [6.45, 7) is 1.96. The van der Waals surface area contributed by atoms with Gasteiger partial charge in [0.2, 0.25) is 0 Å². The molecule has 5 heteroatoms. The third-order valence-corrected chi connectivity index (χ3v) is 2.70. The van der Waals surface area contributed by atoms with E-state index in [-0.39, 0.29) is 17.7 Å². The molecule has 1 rings (SSSR count). The van der Waals surface area contributed by atoms with Gasteiger partial charge in [0.15, 0.2) is 0 Å². The summed E-state index contributed by atoms with van der Waals surface area (Å²) in [4.78, 5) is 22.6. The Morgan fingerprint density at radius 1 is 1.39 bits per heavy atom. The van der Waals surface area contributed by atoms with Gasteiger partial charge in [0.25, 0.3) is 0 Å². The fourth-order valence-corrected chi connectivity index (χ4v) is 1.73. The summed E-state index contributed by atoms with van der Waals surface area (Å²) in [6, 6.07) is 4.57. The first-order valence-corrected chi connectivity index (χ1v) is 6.23. The first-order valence-electron chi connectivity index (χ1n) is 5.69. The van der Waals surface area contributed by atoms with Crippen LogP contribution >= 0.6 is 11.6 Å². The fourth-order valence-electron chi connectivity index (χ4n) is 1.59. The fraction of sp³-hybridized carbons (Fsp3) is 0.385. The monoisotopic (exact) mass is 270 g/mol. The predicted octanol–water partition coefficient (Wildman–Crippen LogP) is 2.73. The lowest BCUT2D eigenvalue weighted by atomic mass is 10.0. The van der Waals surface area contributed by atoms with Gasteiger partial charge in [-0.05, 0) is 37.5 Å². The van der Waals surface area contributed by atoms with Gasteiger partial charge in [-0.2, -0.15) is 0 Å².